The number of rotatable bonds is 8. The van der Waals surface area contributed by atoms with E-state index in [1.165, 1.54) is 5.56 Å². The summed E-state index contributed by atoms with van der Waals surface area (Å²) in [7, 11) is 3.15. The van der Waals surface area contributed by atoms with Crippen molar-refractivity contribution in [3.05, 3.63) is 53.6 Å². The number of aryl methyl sites for hydroxylation is 1. The summed E-state index contributed by atoms with van der Waals surface area (Å²) >= 11 is 0. The topological polar surface area (TPSA) is 76.7 Å². The van der Waals surface area contributed by atoms with Gasteiger partial charge in [0.25, 0.3) is 0 Å². The van der Waals surface area contributed by atoms with Gasteiger partial charge in [-0.3, -0.25) is 9.59 Å². The second-order valence-electron chi connectivity index (χ2n) is 7.84. The van der Waals surface area contributed by atoms with Crippen molar-refractivity contribution in [1.29, 1.82) is 0 Å². The molecule has 0 aliphatic carbocycles. The average Bonchev–Trinajstić information content (AvgIpc) is 2.70. The molecule has 0 unspecified atom stereocenters. The Labute approximate surface area is 172 Å². The third-order valence-corrected chi connectivity index (χ3v) is 4.57. The molecule has 0 aliphatic rings. The molecule has 0 aliphatic heterocycles. The van der Waals surface area contributed by atoms with Gasteiger partial charge in [0.1, 0.15) is 0 Å². The fourth-order valence-electron chi connectivity index (χ4n) is 2.82. The monoisotopic (exact) mass is 398 g/mol. The average molecular weight is 399 g/mol. The van der Waals surface area contributed by atoms with Crippen LogP contribution in [0.15, 0.2) is 42.5 Å². The molecule has 2 rings (SSSR count). The number of benzene rings is 2. The molecule has 0 fully saturated rings. The van der Waals surface area contributed by atoms with Crippen LogP contribution in [0.5, 0.6) is 11.5 Å². The molecular formula is C23H30N2O4. The Bertz CT molecular complexity index is 839. The molecule has 0 saturated heterocycles. The Hall–Kier alpha value is -3.02. The number of anilines is 1. The van der Waals surface area contributed by atoms with Crippen molar-refractivity contribution in [2.45, 2.75) is 39.0 Å². The Morgan fingerprint density at radius 1 is 0.897 bits per heavy atom. The predicted molar refractivity (Wildman–Crippen MR) is 115 cm³/mol. The molecular weight excluding hydrogens is 368 g/mol. The summed E-state index contributed by atoms with van der Waals surface area (Å²) in [6, 6.07) is 13.3. The lowest BCUT2D eigenvalue weighted by atomic mass is 9.87. The fourth-order valence-corrected chi connectivity index (χ4v) is 2.82. The molecule has 2 amide bonds. The quantitative estimate of drug-likeness (QED) is 0.711. The molecule has 0 aromatic heterocycles. The molecule has 6 heteroatoms. The summed E-state index contributed by atoms with van der Waals surface area (Å²) in [5.74, 6) is 0.834. The molecule has 156 valence electrons. The Balaban J connectivity index is 1.78. The molecule has 0 radical (unpaired) electrons. The number of hydrogen-bond donors (Lipinski definition) is 2. The highest BCUT2D eigenvalue weighted by Crippen LogP contribution is 2.28. The van der Waals surface area contributed by atoms with Crippen LogP contribution < -0.4 is 20.1 Å². The molecule has 2 aromatic carbocycles. The van der Waals surface area contributed by atoms with Crippen molar-refractivity contribution in [2.75, 3.05) is 26.1 Å². The summed E-state index contributed by atoms with van der Waals surface area (Å²) in [4.78, 5) is 24.1. The van der Waals surface area contributed by atoms with Crippen LogP contribution in [0.2, 0.25) is 0 Å². The number of hydrogen-bond acceptors (Lipinski definition) is 4. The van der Waals surface area contributed by atoms with E-state index in [1.807, 2.05) is 42.5 Å². The van der Waals surface area contributed by atoms with E-state index in [0.717, 1.165) is 5.56 Å². The zero-order valence-electron chi connectivity index (χ0n) is 17.8. The number of methoxy groups -OCH3 is 2. The summed E-state index contributed by atoms with van der Waals surface area (Å²) in [6.45, 7) is 6.35. The Morgan fingerprint density at radius 2 is 1.55 bits per heavy atom. The van der Waals surface area contributed by atoms with E-state index in [-0.39, 0.29) is 30.2 Å². The van der Waals surface area contributed by atoms with Gasteiger partial charge in [0.2, 0.25) is 11.8 Å². The van der Waals surface area contributed by atoms with E-state index in [2.05, 4.69) is 31.4 Å². The minimum atomic E-state index is -0.257. The van der Waals surface area contributed by atoms with Crippen molar-refractivity contribution in [3.8, 4) is 11.5 Å². The second kappa shape index (κ2) is 9.96. The number of carbonyl (C=O) groups excluding carboxylic acids is 2. The summed E-state index contributed by atoms with van der Waals surface area (Å²) < 4.78 is 10.5. The van der Waals surface area contributed by atoms with Crippen molar-refractivity contribution < 1.29 is 19.1 Å². The molecule has 2 aromatic rings. The third kappa shape index (κ3) is 6.82. The maximum atomic E-state index is 12.1. The van der Waals surface area contributed by atoms with E-state index in [9.17, 15) is 9.59 Å². The van der Waals surface area contributed by atoms with Crippen molar-refractivity contribution in [1.82, 2.24) is 5.32 Å². The van der Waals surface area contributed by atoms with Crippen LogP contribution in [0.1, 0.15) is 38.3 Å². The lowest BCUT2D eigenvalue weighted by Gasteiger charge is -2.19. The highest BCUT2D eigenvalue weighted by atomic mass is 16.5. The van der Waals surface area contributed by atoms with Crippen LogP contribution in [-0.2, 0) is 21.4 Å². The first-order valence-corrected chi connectivity index (χ1v) is 9.61. The van der Waals surface area contributed by atoms with Crippen LogP contribution in [0, 0.1) is 0 Å². The van der Waals surface area contributed by atoms with Gasteiger partial charge in [-0.2, -0.15) is 0 Å². The summed E-state index contributed by atoms with van der Waals surface area (Å²) in [5.41, 5.74) is 2.92. The van der Waals surface area contributed by atoms with Crippen molar-refractivity contribution >= 4 is 17.5 Å². The summed E-state index contributed by atoms with van der Waals surface area (Å²) in [6.07, 6.45) is 0.825. The van der Waals surface area contributed by atoms with Gasteiger partial charge in [-0.25, -0.2) is 0 Å². The first-order chi connectivity index (χ1) is 13.7. The smallest absolute Gasteiger partial charge is 0.243 e. The second-order valence-corrected chi connectivity index (χ2v) is 7.84. The predicted octanol–water partition coefficient (Wildman–Crippen LogP) is 3.69. The fraction of sp³-hybridized carbons (Fsp3) is 0.391. The molecule has 0 atom stereocenters. The van der Waals surface area contributed by atoms with Crippen LogP contribution in [-0.4, -0.2) is 32.6 Å². The maximum Gasteiger partial charge on any atom is 0.243 e. The lowest BCUT2D eigenvalue weighted by Crippen LogP contribution is -2.33. The molecule has 0 spiro atoms. The van der Waals surface area contributed by atoms with Gasteiger partial charge in [-0.05, 0) is 47.2 Å². The maximum absolute atomic E-state index is 12.1. The van der Waals surface area contributed by atoms with Gasteiger partial charge in [0.05, 0.1) is 20.8 Å². The number of ether oxygens (including phenoxy) is 2. The number of amides is 2. The number of nitrogens with one attached hydrogen (secondary N) is 2. The first kappa shape index (κ1) is 22.3. The minimum absolute atomic E-state index is 0.0599. The van der Waals surface area contributed by atoms with Crippen LogP contribution >= 0.6 is 0 Å². The molecule has 2 N–H and O–H groups in total. The van der Waals surface area contributed by atoms with E-state index in [1.54, 1.807) is 14.2 Å². The molecule has 6 nitrogen and oxygen atoms in total. The minimum Gasteiger partial charge on any atom is -0.493 e. The van der Waals surface area contributed by atoms with Gasteiger partial charge >= 0.3 is 0 Å². The van der Waals surface area contributed by atoms with Crippen LogP contribution in [0.4, 0.5) is 5.69 Å². The van der Waals surface area contributed by atoms with Gasteiger partial charge in [-0.1, -0.05) is 39.0 Å². The Morgan fingerprint density at radius 3 is 2.14 bits per heavy atom. The SMILES string of the molecule is COc1ccc(CCC(=O)NCC(=O)Nc2ccc(C(C)(C)C)cc2)cc1OC. The van der Waals surface area contributed by atoms with E-state index < -0.39 is 0 Å². The van der Waals surface area contributed by atoms with Crippen molar-refractivity contribution in [2.24, 2.45) is 0 Å². The number of carbonyl (C=O) groups is 2. The van der Waals surface area contributed by atoms with Crippen LogP contribution in [0.3, 0.4) is 0 Å². The molecule has 29 heavy (non-hydrogen) atoms. The Kier molecular flexibility index (Phi) is 7.65. The lowest BCUT2D eigenvalue weighted by molar-refractivity contribution is -0.124. The van der Waals surface area contributed by atoms with E-state index in [0.29, 0.717) is 23.6 Å². The van der Waals surface area contributed by atoms with Crippen molar-refractivity contribution in [3.63, 3.8) is 0 Å². The molecule has 0 bridgehead atoms. The summed E-state index contributed by atoms with van der Waals surface area (Å²) in [5, 5.41) is 5.45. The molecule has 0 saturated carbocycles. The van der Waals surface area contributed by atoms with Crippen LogP contribution in [0.25, 0.3) is 0 Å². The first-order valence-electron chi connectivity index (χ1n) is 9.61. The van der Waals surface area contributed by atoms with E-state index in [4.69, 9.17) is 9.47 Å². The standard InChI is InChI=1S/C23H30N2O4/c1-23(2,3)17-8-10-18(11-9-17)25-22(27)15-24-21(26)13-7-16-6-12-19(28-4)20(14-16)29-5/h6,8-12,14H,7,13,15H2,1-5H3,(H,24,26)(H,25,27). The normalized spacial score (nSPS) is 10.9. The van der Waals surface area contributed by atoms with Gasteiger partial charge in [-0.15, -0.1) is 0 Å². The third-order valence-electron chi connectivity index (χ3n) is 4.57. The highest BCUT2D eigenvalue weighted by molar-refractivity contribution is 5.94. The van der Waals surface area contributed by atoms with Gasteiger partial charge in [0, 0.05) is 12.1 Å². The molecule has 0 heterocycles. The van der Waals surface area contributed by atoms with Gasteiger partial charge in [0.15, 0.2) is 11.5 Å². The highest BCUT2D eigenvalue weighted by Gasteiger charge is 2.13. The van der Waals surface area contributed by atoms with E-state index >= 15 is 0 Å². The zero-order chi connectivity index (χ0) is 21.4. The zero-order valence-corrected chi connectivity index (χ0v) is 17.8. The largest absolute Gasteiger partial charge is 0.493 e. The van der Waals surface area contributed by atoms with Gasteiger partial charge < -0.3 is 20.1 Å².